The molecule has 0 heterocycles. The van der Waals surface area contributed by atoms with Gasteiger partial charge in [-0.1, -0.05) is 48.9 Å². The number of hydrogen-bond donors (Lipinski definition) is 2. The minimum atomic E-state index is -0.215. The third-order valence-electron chi connectivity index (χ3n) is 4.94. The van der Waals surface area contributed by atoms with Crippen LogP contribution in [-0.2, 0) is 0 Å². The first kappa shape index (κ1) is 17.3. The average molecular weight is 335 g/mol. The molecule has 0 spiro atoms. The maximum atomic E-state index is 12.8. The molecule has 0 saturated carbocycles. The number of nitrogens with one attached hydrogen (secondary N) is 1. The number of fused-ring (bicyclic) bond motifs is 1. The fourth-order valence-corrected chi connectivity index (χ4v) is 3.66. The maximum absolute atomic E-state index is 12.8. The lowest BCUT2D eigenvalue weighted by Gasteiger charge is -2.28. The van der Waals surface area contributed by atoms with Crippen LogP contribution in [0.3, 0.4) is 0 Å². The van der Waals surface area contributed by atoms with Crippen molar-refractivity contribution in [2.45, 2.75) is 45.6 Å². The molecule has 0 fully saturated rings. The van der Waals surface area contributed by atoms with Gasteiger partial charge in [0, 0.05) is 0 Å². The number of amides is 1. The van der Waals surface area contributed by atoms with Crippen LogP contribution < -0.4 is 5.32 Å². The first-order valence-corrected chi connectivity index (χ1v) is 9.01. The van der Waals surface area contributed by atoms with Crippen molar-refractivity contribution in [3.63, 3.8) is 0 Å². The largest absolute Gasteiger partial charge is 0.507 e. The highest BCUT2D eigenvalue weighted by Crippen LogP contribution is 2.30. The predicted molar refractivity (Wildman–Crippen MR) is 103 cm³/mol. The lowest BCUT2D eigenvalue weighted by molar-refractivity contribution is 0.0937. The number of benzene rings is 2. The molecule has 2 aromatic rings. The summed E-state index contributed by atoms with van der Waals surface area (Å²) >= 11 is 0. The monoisotopic (exact) mass is 335 g/mol. The van der Waals surface area contributed by atoms with Gasteiger partial charge in [-0.2, -0.15) is 0 Å². The van der Waals surface area contributed by atoms with Crippen LogP contribution in [0.2, 0.25) is 0 Å². The van der Waals surface area contributed by atoms with Crippen LogP contribution in [0.4, 0.5) is 0 Å². The van der Waals surface area contributed by atoms with Crippen LogP contribution in [0.1, 0.15) is 49.9 Å². The second kappa shape index (κ2) is 7.56. The van der Waals surface area contributed by atoms with E-state index in [-0.39, 0.29) is 17.7 Å². The van der Waals surface area contributed by atoms with E-state index in [9.17, 15) is 9.90 Å². The molecule has 1 amide bonds. The normalized spacial score (nSPS) is 18.1. The summed E-state index contributed by atoms with van der Waals surface area (Å²) in [5, 5.41) is 15.3. The van der Waals surface area contributed by atoms with E-state index in [4.69, 9.17) is 0 Å². The zero-order valence-corrected chi connectivity index (χ0v) is 14.9. The molecule has 3 rings (SSSR count). The maximum Gasteiger partial charge on any atom is 0.255 e. The highest BCUT2D eigenvalue weighted by molar-refractivity contribution is 6.01. The number of phenols is 1. The fourth-order valence-electron chi connectivity index (χ4n) is 3.66. The van der Waals surface area contributed by atoms with E-state index in [1.165, 1.54) is 11.1 Å². The Hall–Kier alpha value is -2.55. The predicted octanol–water partition coefficient (Wildman–Crippen LogP) is 5.11. The van der Waals surface area contributed by atoms with E-state index < -0.39 is 0 Å². The lowest BCUT2D eigenvalue weighted by atomic mass is 9.86. The molecule has 1 aliphatic carbocycles. The van der Waals surface area contributed by atoms with Gasteiger partial charge in [0.15, 0.2) is 0 Å². The molecule has 2 N–H and O–H groups in total. The van der Waals surface area contributed by atoms with Gasteiger partial charge in [0.2, 0.25) is 0 Å². The van der Waals surface area contributed by atoms with Crippen molar-refractivity contribution in [2.24, 2.45) is 0 Å². The van der Waals surface area contributed by atoms with E-state index in [0.717, 1.165) is 36.5 Å². The van der Waals surface area contributed by atoms with Gasteiger partial charge < -0.3 is 10.4 Å². The molecule has 1 aliphatic rings. The number of allylic oxidation sites excluding steroid dienone is 2. The van der Waals surface area contributed by atoms with E-state index in [1.807, 2.05) is 37.3 Å². The van der Waals surface area contributed by atoms with Crippen LogP contribution in [0.25, 0.3) is 10.8 Å². The second-order valence-electron chi connectivity index (χ2n) is 6.55. The first-order chi connectivity index (χ1) is 12.1. The molecular weight excluding hydrogens is 310 g/mol. The Bertz CT molecular complexity index is 848. The van der Waals surface area contributed by atoms with Crippen LogP contribution in [0, 0.1) is 0 Å². The van der Waals surface area contributed by atoms with Crippen LogP contribution in [0.15, 0.2) is 59.7 Å². The Morgan fingerprint density at radius 2 is 2.00 bits per heavy atom. The summed E-state index contributed by atoms with van der Waals surface area (Å²) in [6.07, 6.45) is 8.27. The van der Waals surface area contributed by atoms with Gasteiger partial charge in [-0.15, -0.1) is 0 Å². The Balaban J connectivity index is 1.90. The lowest BCUT2D eigenvalue weighted by Crippen LogP contribution is -2.38. The number of hydrogen-bond acceptors (Lipinski definition) is 2. The Morgan fingerprint density at radius 1 is 1.28 bits per heavy atom. The number of carbonyl (C=O) groups excluding carboxylic acids is 1. The molecule has 0 aliphatic heterocycles. The molecule has 25 heavy (non-hydrogen) atoms. The summed E-state index contributed by atoms with van der Waals surface area (Å²) in [4.78, 5) is 12.8. The van der Waals surface area contributed by atoms with Crippen molar-refractivity contribution >= 4 is 16.7 Å². The molecule has 3 nitrogen and oxygen atoms in total. The Labute approximate surface area is 149 Å². The van der Waals surface area contributed by atoms with Crippen molar-refractivity contribution < 1.29 is 9.90 Å². The Kier molecular flexibility index (Phi) is 5.22. The van der Waals surface area contributed by atoms with Crippen molar-refractivity contribution in [1.29, 1.82) is 0 Å². The summed E-state index contributed by atoms with van der Waals surface area (Å²) in [7, 11) is 0. The summed E-state index contributed by atoms with van der Waals surface area (Å²) in [6.45, 7) is 4.17. The average Bonchev–Trinajstić information content (AvgIpc) is 2.62. The van der Waals surface area contributed by atoms with E-state index in [0.29, 0.717) is 5.56 Å². The number of rotatable bonds is 4. The zero-order valence-electron chi connectivity index (χ0n) is 14.9. The van der Waals surface area contributed by atoms with Crippen LogP contribution in [0.5, 0.6) is 5.75 Å². The summed E-state index contributed by atoms with van der Waals surface area (Å²) in [6, 6.07) is 11.2. The molecule has 2 aromatic carbocycles. The van der Waals surface area contributed by atoms with E-state index in [1.54, 1.807) is 12.1 Å². The second-order valence-corrected chi connectivity index (χ2v) is 6.55. The highest BCUT2D eigenvalue weighted by atomic mass is 16.3. The van der Waals surface area contributed by atoms with Crippen molar-refractivity contribution in [3.05, 3.63) is 65.3 Å². The third kappa shape index (κ3) is 3.60. The fraction of sp³-hybridized carbons (Fsp3) is 0.318. The zero-order chi connectivity index (χ0) is 17.8. The van der Waals surface area contributed by atoms with Gasteiger partial charge in [0.05, 0.1) is 11.6 Å². The van der Waals surface area contributed by atoms with Gasteiger partial charge in [0.25, 0.3) is 5.91 Å². The van der Waals surface area contributed by atoms with Gasteiger partial charge >= 0.3 is 0 Å². The van der Waals surface area contributed by atoms with Crippen molar-refractivity contribution in [1.82, 2.24) is 5.32 Å². The van der Waals surface area contributed by atoms with E-state index in [2.05, 4.69) is 18.3 Å². The topological polar surface area (TPSA) is 49.3 Å². The molecular formula is C22H25NO2. The molecule has 0 saturated heterocycles. The van der Waals surface area contributed by atoms with Crippen LogP contribution >= 0.6 is 0 Å². The number of aromatic hydroxyl groups is 1. The van der Waals surface area contributed by atoms with E-state index >= 15 is 0 Å². The molecule has 130 valence electrons. The molecule has 0 bridgehead atoms. The first-order valence-electron chi connectivity index (χ1n) is 9.01. The number of carbonyl (C=O) groups is 1. The molecule has 0 aromatic heterocycles. The third-order valence-corrected chi connectivity index (χ3v) is 4.94. The van der Waals surface area contributed by atoms with Gasteiger partial charge in [-0.25, -0.2) is 0 Å². The number of phenolic OH excluding ortho intramolecular Hbond substituents is 1. The summed E-state index contributed by atoms with van der Waals surface area (Å²) < 4.78 is 0. The SMILES string of the molecule is CC=CC1=C(CC)CCCC1NC(=O)c1cc2ccccc2cc1O. The molecule has 0 radical (unpaired) electrons. The molecule has 3 heteroatoms. The van der Waals surface area contributed by atoms with Crippen molar-refractivity contribution in [3.8, 4) is 5.75 Å². The summed E-state index contributed by atoms with van der Waals surface area (Å²) in [5.74, 6) is -0.188. The van der Waals surface area contributed by atoms with Gasteiger partial charge in [0.1, 0.15) is 5.75 Å². The van der Waals surface area contributed by atoms with Gasteiger partial charge in [-0.05, 0) is 61.1 Å². The minimum Gasteiger partial charge on any atom is -0.507 e. The minimum absolute atomic E-state index is 0.0123. The molecule has 1 atom stereocenters. The smallest absolute Gasteiger partial charge is 0.255 e. The van der Waals surface area contributed by atoms with Crippen LogP contribution in [-0.4, -0.2) is 17.1 Å². The summed E-state index contributed by atoms with van der Waals surface area (Å²) in [5.41, 5.74) is 2.98. The standard InChI is InChI=1S/C22H25NO2/c1-3-8-18-15(4-2)11-7-12-20(18)23-22(25)19-13-16-9-5-6-10-17(16)14-21(19)24/h3,5-6,8-10,13-14,20,24H,4,7,11-12H2,1-2H3,(H,23,25). The van der Waals surface area contributed by atoms with Crippen molar-refractivity contribution in [2.75, 3.05) is 0 Å². The highest BCUT2D eigenvalue weighted by Gasteiger charge is 2.23. The quantitative estimate of drug-likeness (QED) is 0.815. The Morgan fingerprint density at radius 3 is 2.68 bits per heavy atom. The molecule has 1 unspecified atom stereocenters. The van der Waals surface area contributed by atoms with Gasteiger partial charge in [-0.3, -0.25) is 4.79 Å².